The lowest BCUT2D eigenvalue weighted by atomic mass is 10.0. The van der Waals surface area contributed by atoms with Gasteiger partial charge in [-0.3, -0.25) is 9.59 Å². The highest BCUT2D eigenvalue weighted by Gasteiger charge is 2.18. The largest absolute Gasteiger partial charge is 0.349 e. The standard InChI is InChI=1S/C17H15ClF2N2O2/c1-10(23)21-16(11-3-2-4-12(18)7-11)9-17(24)22-13-5-6-14(19)15(20)8-13/h2-8,16H,9H2,1H3,(H,21,23)(H,22,24). The van der Waals surface area contributed by atoms with E-state index in [1.54, 1.807) is 24.3 Å². The van der Waals surface area contributed by atoms with E-state index >= 15 is 0 Å². The molecule has 0 spiro atoms. The zero-order valence-corrected chi connectivity index (χ0v) is 13.5. The normalized spacial score (nSPS) is 11.7. The van der Waals surface area contributed by atoms with E-state index in [1.165, 1.54) is 13.0 Å². The van der Waals surface area contributed by atoms with Crippen molar-refractivity contribution in [3.8, 4) is 0 Å². The zero-order chi connectivity index (χ0) is 17.7. The van der Waals surface area contributed by atoms with Gasteiger partial charge < -0.3 is 10.6 Å². The minimum Gasteiger partial charge on any atom is -0.349 e. The Hall–Kier alpha value is -2.47. The van der Waals surface area contributed by atoms with Gasteiger partial charge in [0.1, 0.15) is 0 Å². The number of nitrogens with one attached hydrogen (secondary N) is 2. The van der Waals surface area contributed by atoms with E-state index < -0.39 is 23.6 Å². The van der Waals surface area contributed by atoms with E-state index in [0.29, 0.717) is 10.6 Å². The highest BCUT2D eigenvalue weighted by atomic mass is 35.5. The van der Waals surface area contributed by atoms with Crippen molar-refractivity contribution in [3.05, 3.63) is 64.7 Å². The van der Waals surface area contributed by atoms with Gasteiger partial charge in [-0.15, -0.1) is 0 Å². The van der Waals surface area contributed by atoms with Gasteiger partial charge in [-0.1, -0.05) is 23.7 Å². The molecule has 0 aliphatic heterocycles. The van der Waals surface area contributed by atoms with Gasteiger partial charge in [0.05, 0.1) is 12.5 Å². The fraction of sp³-hybridized carbons (Fsp3) is 0.176. The van der Waals surface area contributed by atoms with Gasteiger partial charge in [0.2, 0.25) is 11.8 Å². The van der Waals surface area contributed by atoms with Crippen LogP contribution >= 0.6 is 11.6 Å². The average molecular weight is 353 g/mol. The molecule has 1 unspecified atom stereocenters. The molecule has 24 heavy (non-hydrogen) atoms. The van der Waals surface area contributed by atoms with Gasteiger partial charge in [0.15, 0.2) is 11.6 Å². The van der Waals surface area contributed by atoms with Crippen LogP contribution in [0.15, 0.2) is 42.5 Å². The van der Waals surface area contributed by atoms with E-state index in [0.717, 1.165) is 12.1 Å². The Morgan fingerprint density at radius 1 is 1.12 bits per heavy atom. The van der Waals surface area contributed by atoms with Crippen LogP contribution in [0.5, 0.6) is 0 Å². The van der Waals surface area contributed by atoms with Crippen molar-refractivity contribution in [2.24, 2.45) is 0 Å². The number of hydrogen-bond acceptors (Lipinski definition) is 2. The molecule has 2 aromatic carbocycles. The third-order valence-electron chi connectivity index (χ3n) is 3.22. The van der Waals surface area contributed by atoms with E-state index in [9.17, 15) is 18.4 Å². The average Bonchev–Trinajstić information content (AvgIpc) is 2.50. The molecule has 0 bridgehead atoms. The minimum atomic E-state index is -1.05. The summed E-state index contributed by atoms with van der Waals surface area (Å²) in [5.74, 6) is -2.82. The maximum atomic E-state index is 13.2. The van der Waals surface area contributed by atoms with Crippen LogP contribution in [0.3, 0.4) is 0 Å². The number of amides is 2. The number of anilines is 1. The van der Waals surface area contributed by atoms with Gasteiger partial charge in [-0.05, 0) is 29.8 Å². The molecule has 0 aliphatic rings. The maximum absolute atomic E-state index is 13.2. The van der Waals surface area contributed by atoms with Crippen molar-refractivity contribution < 1.29 is 18.4 Å². The summed E-state index contributed by atoms with van der Waals surface area (Å²) in [5, 5.41) is 5.61. The fourth-order valence-electron chi connectivity index (χ4n) is 2.19. The number of benzene rings is 2. The number of rotatable bonds is 5. The van der Waals surface area contributed by atoms with Crippen LogP contribution in [-0.4, -0.2) is 11.8 Å². The number of carbonyl (C=O) groups excluding carboxylic acids is 2. The molecule has 4 nitrogen and oxygen atoms in total. The summed E-state index contributed by atoms with van der Waals surface area (Å²) in [6, 6.07) is 9.24. The maximum Gasteiger partial charge on any atom is 0.226 e. The lowest BCUT2D eigenvalue weighted by Crippen LogP contribution is -2.29. The van der Waals surface area contributed by atoms with Crippen molar-refractivity contribution in [3.63, 3.8) is 0 Å². The predicted molar refractivity (Wildman–Crippen MR) is 87.6 cm³/mol. The Bertz CT molecular complexity index is 768. The molecule has 0 fully saturated rings. The molecule has 2 rings (SSSR count). The molecule has 2 aromatic rings. The molecule has 0 aliphatic carbocycles. The molecule has 0 radical (unpaired) electrons. The second kappa shape index (κ2) is 7.88. The van der Waals surface area contributed by atoms with Crippen LogP contribution in [0.1, 0.15) is 24.9 Å². The molecular formula is C17H15ClF2N2O2. The summed E-state index contributed by atoms with van der Waals surface area (Å²) in [6.45, 7) is 1.34. The summed E-state index contributed by atoms with van der Waals surface area (Å²) < 4.78 is 26.1. The molecule has 126 valence electrons. The molecule has 0 saturated carbocycles. The second-order valence-corrected chi connectivity index (χ2v) is 5.63. The van der Waals surface area contributed by atoms with Crippen molar-refractivity contribution in [2.45, 2.75) is 19.4 Å². The fourth-order valence-corrected chi connectivity index (χ4v) is 2.39. The van der Waals surface area contributed by atoms with Crippen molar-refractivity contribution in [2.75, 3.05) is 5.32 Å². The van der Waals surface area contributed by atoms with E-state index in [2.05, 4.69) is 10.6 Å². The van der Waals surface area contributed by atoms with Crippen molar-refractivity contribution >= 4 is 29.1 Å². The Morgan fingerprint density at radius 3 is 2.50 bits per heavy atom. The van der Waals surface area contributed by atoms with Gasteiger partial charge in [0.25, 0.3) is 0 Å². The first-order valence-corrected chi connectivity index (χ1v) is 7.50. The molecule has 1 atom stereocenters. The van der Waals surface area contributed by atoms with Crippen LogP contribution in [0.25, 0.3) is 0 Å². The highest BCUT2D eigenvalue weighted by Crippen LogP contribution is 2.22. The lowest BCUT2D eigenvalue weighted by Gasteiger charge is -2.18. The first kappa shape index (κ1) is 17.9. The quantitative estimate of drug-likeness (QED) is 0.859. The summed E-state index contributed by atoms with van der Waals surface area (Å²) >= 11 is 5.93. The van der Waals surface area contributed by atoms with Crippen LogP contribution in [0.2, 0.25) is 5.02 Å². The van der Waals surface area contributed by atoms with Gasteiger partial charge >= 0.3 is 0 Å². The molecule has 7 heteroatoms. The van der Waals surface area contributed by atoms with Gasteiger partial charge in [-0.2, -0.15) is 0 Å². The summed E-state index contributed by atoms with van der Waals surface area (Å²) in [4.78, 5) is 23.5. The molecule has 0 saturated heterocycles. The first-order valence-electron chi connectivity index (χ1n) is 7.12. The van der Waals surface area contributed by atoms with Crippen molar-refractivity contribution in [1.29, 1.82) is 0 Å². The summed E-state index contributed by atoms with van der Waals surface area (Å²) in [6.07, 6.45) is -0.0844. The van der Waals surface area contributed by atoms with Crippen LogP contribution < -0.4 is 10.6 Å². The van der Waals surface area contributed by atoms with E-state index in [-0.39, 0.29) is 18.0 Å². The highest BCUT2D eigenvalue weighted by molar-refractivity contribution is 6.30. The zero-order valence-electron chi connectivity index (χ0n) is 12.8. The monoisotopic (exact) mass is 352 g/mol. The third kappa shape index (κ3) is 5.03. The molecule has 2 N–H and O–H groups in total. The van der Waals surface area contributed by atoms with Gasteiger partial charge in [-0.25, -0.2) is 8.78 Å². The van der Waals surface area contributed by atoms with Gasteiger partial charge in [0, 0.05) is 23.7 Å². The number of hydrogen-bond donors (Lipinski definition) is 2. The Labute approximate surface area is 142 Å². The Balaban J connectivity index is 2.12. The summed E-state index contributed by atoms with van der Waals surface area (Å²) in [5.41, 5.74) is 0.796. The minimum absolute atomic E-state index is 0.0844. The summed E-state index contributed by atoms with van der Waals surface area (Å²) in [7, 11) is 0. The number of carbonyl (C=O) groups is 2. The van der Waals surface area contributed by atoms with E-state index in [4.69, 9.17) is 11.6 Å². The topological polar surface area (TPSA) is 58.2 Å². The van der Waals surface area contributed by atoms with Crippen LogP contribution in [0, 0.1) is 11.6 Å². The van der Waals surface area contributed by atoms with Crippen LogP contribution in [-0.2, 0) is 9.59 Å². The predicted octanol–water partition coefficient (Wildman–Crippen LogP) is 3.82. The molecule has 0 aromatic heterocycles. The Kier molecular flexibility index (Phi) is 5.87. The third-order valence-corrected chi connectivity index (χ3v) is 3.46. The molecular weight excluding hydrogens is 338 g/mol. The SMILES string of the molecule is CC(=O)NC(CC(=O)Nc1ccc(F)c(F)c1)c1cccc(Cl)c1. The van der Waals surface area contributed by atoms with Crippen molar-refractivity contribution in [1.82, 2.24) is 5.32 Å². The molecule has 2 amide bonds. The van der Waals surface area contributed by atoms with E-state index in [1.807, 2.05) is 0 Å². The number of halogens is 3. The smallest absolute Gasteiger partial charge is 0.226 e. The Morgan fingerprint density at radius 2 is 1.88 bits per heavy atom. The van der Waals surface area contributed by atoms with Crippen LogP contribution in [0.4, 0.5) is 14.5 Å². The molecule has 0 heterocycles. The lowest BCUT2D eigenvalue weighted by molar-refractivity contribution is -0.120. The second-order valence-electron chi connectivity index (χ2n) is 5.19. The first-order chi connectivity index (χ1) is 11.3.